The van der Waals surface area contributed by atoms with Crippen LogP contribution in [0.25, 0.3) is 0 Å². The van der Waals surface area contributed by atoms with Crippen molar-refractivity contribution < 1.29 is 4.79 Å². The van der Waals surface area contributed by atoms with Crippen LogP contribution in [0.15, 0.2) is 24.3 Å². The van der Waals surface area contributed by atoms with Crippen LogP contribution in [0.4, 0.5) is 5.69 Å². The van der Waals surface area contributed by atoms with Crippen LogP contribution in [0.3, 0.4) is 0 Å². The summed E-state index contributed by atoms with van der Waals surface area (Å²) in [6.07, 6.45) is 4.66. The van der Waals surface area contributed by atoms with Crippen molar-refractivity contribution in [2.45, 2.75) is 38.6 Å². The summed E-state index contributed by atoms with van der Waals surface area (Å²) < 4.78 is 0. The molecule has 1 saturated carbocycles. The molecule has 3 nitrogen and oxygen atoms in total. The highest BCUT2D eigenvalue weighted by Gasteiger charge is 2.20. The molecule has 0 spiro atoms. The standard InChI is InChI=1S/C14H20N2O/c1-2-3-11-4-6-13(7-5-11)16-14(17)10-15-12-8-9-12/h4-7,12,15H,2-3,8-10H2,1H3,(H,16,17). The maximum Gasteiger partial charge on any atom is 0.238 e. The third kappa shape index (κ3) is 4.19. The molecule has 0 saturated heterocycles. The molecule has 3 heteroatoms. The fourth-order valence-electron chi connectivity index (χ4n) is 1.77. The van der Waals surface area contributed by atoms with Crippen LogP contribution in [0, 0.1) is 0 Å². The first-order valence-electron chi connectivity index (χ1n) is 6.40. The average molecular weight is 232 g/mol. The van der Waals surface area contributed by atoms with Crippen molar-refractivity contribution in [3.05, 3.63) is 29.8 Å². The van der Waals surface area contributed by atoms with Gasteiger partial charge in [-0.15, -0.1) is 0 Å². The van der Waals surface area contributed by atoms with Gasteiger partial charge in [-0.2, -0.15) is 0 Å². The Morgan fingerprint density at radius 1 is 1.29 bits per heavy atom. The van der Waals surface area contributed by atoms with E-state index in [0.29, 0.717) is 12.6 Å². The van der Waals surface area contributed by atoms with Gasteiger partial charge in [-0.3, -0.25) is 4.79 Å². The van der Waals surface area contributed by atoms with Gasteiger partial charge in [0, 0.05) is 11.7 Å². The summed E-state index contributed by atoms with van der Waals surface area (Å²) in [6.45, 7) is 2.58. The Hall–Kier alpha value is -1.35. The van der Waals surface area contributed by atoms with Crippen molar-refractivity contribution in [1.29, 1.82) is 0 Å². The molecule has 0 aromatic heterocycles. The Balaban J connectivity index is 1.78. The summed E-state index contributed by atoms with van der Waals surface area (Å²) in [6, 6.07) is 8.67. The molecular formula is C14H20N2O. The maximum absolute atomic E-state index is 11.6. The van der Waals surface area contributed by atoms with Gasteiger partial charge in [0.2, 0.25) is 5.91 Å². The number of nitrogens with one attached hydrogen (secondary N) is 2. The lowest BCUT2D eigenvalue weighted by atomic mass is 10.1. The van der Waals surface area contributed by atoms with Crippen molar-refractivity contribution in [2.24, 2.45) is 0 Å². The largest absolute Gasteiger partial charge is 0.325 e. The van der Waals surface area contributed by atoms with Gasteiger partial charge >= 0.3 is 0 Å². The van der Waals surface area contributed by atoms with Gasteiger partial charge in [-0.1, -0.05) is 25.5 Å². The Kier molecular flexibility index (Phi) is 4.15. The second-order valence-electron chi connectivity index (χ2n) is 4.65. The van der Waals surface area contributed by atoms with E-state index in [1.165, 1.54) is 18.4 Å². The van der Waals surface area contributed by atoms with Gasteiger partial charge in [-0.05, 0) is 37.0 Å². The Morgan fingerprint density at radius 3 is 2.59 bits per heavy atom. The van der Waals surface area contributed by atoms with Crippen LogP contribution in [0.1, 0.15) is 31.7 Å². The van der Waals surface area contributed by atoms with Crippen LogP contribution in [0.2, 0.25) is 0 Å². The third-order valence-electron chi connectivity index (χ3n) is 2.91. The minimum atomic E-state index is 0.0418. The van der Waals surface area contributed by atoms with Crippen molar-refractivity contribution in [2.75, 3.05) is 11.9 Å². The summed E-state index contributed by atoms with van der Waals surface area (Å²) in [5.41, 5.74) is 2.20. The lowest BCUT2D eigenvalue weighted by Crippen LogP contribution is -2.29. The Morgan fingerprint density at radius 2 is 2.00 bits per heavy atom. The summed E-state index contributed by atoms with van der Waals surface area (Å²) in [7, 11) is 0. The Bertz CT molecular complexity index is 368. The van der Waals surface area contributed by atoms with Crippen molar-refractivity contribution in [1.82, 2.24) is 5.32 Å². The highest BCUT2D eigenvalue weighted by Crippen LogP contribution is 2.18. The van der Waals surface area contributed by atoms with E-state index in [2.05, 4.69) is 29.7 Å². The number of rotatable bonds is 6. The smallest absolute Gasteiger partial charge is 0.238 e. The number of amides is 1. The average Bonchev–Trinajstić information content (AvgIpc) is 3.13. The summed E-state index contributed by atoms with van der Waals surface area (Å²) in [5.74, 6) is 0.0418. The molecule has 1 aliphatic rings. The molecule has 2 N–H and O–H groups in total. The molecule has 1 amide bonds. The molecule has 0 heterocycles. The molecule has 0 unspecified atom stereocenters. The SMILES string of the molecule is CCCc1ccc(NC(=O)CNC2CC2)cc1. The lowest BCUT2D eigenvalue weighted by Gasteiger charge is -2.06. The second kappa shape index (κ2) is 5.82. The van der Waals surface area contributed by atoms with E-state index >= 15 is 0 Å². The summed E-state index contributed by atoms with van der Waals surface area (Å²) >= 11 is 0. The first-order valence-corrected chi connectivity index (χ1v) is 6.40. The van der Waals surface area contributed by atoms with Gasteiger partial charge < -0.3 is 10.6 Å². The van der Waals surface area contributed by atoms with Crippen molar-refractivity contribution >= 4 is 11.6 Å². The van der Waals surface area contributed by atoms with E-state index < -0.39 is 0 Å². The normalized spacial score (nSPS) is 14.6. The first kappa shape index (κ1) is 12.1. The predicted molar refractivity (Wildman–Crippen MR) is 70.1 cm³/mol. The maximum atomic E-state index is 11.6. The van der Waals surface area contributed by atoms with E-state index in [9.17, 15) is 4.79 Å². The van der Waals surface area contributed by atoms with Gasteiger partial charge in [0.05, 0.1) is 6.54 Å². The monoisotopic (exact) mass is 232 g/mol. The van der Waals surface area contributed by atoms with Crippen LogP contribution in [-0.4, -0.2) is 18.5 Å². The second-order valence-corrected chi connectivity index (χ2v) is 4.65. The van der Waals surface area contributed by atoms with Gasteiger partial charge in [0.1, 0.15) is 0 Å². The number of anilines is 1. The van der Waals surface area contributed by atoms with E-state index in [4.69, 9.17) is 0 Å². The van der Waals surface area contributed by atoms with E-state index in [1.807, 2.05) is 12.1 Å². The molecule has 2 rings (SSSR count). The third-order valence-corrected chi connectivity index (χ3v) is 2.91. The number of hydrogen-bond acceptors (Lipinski definition) is 2. The zero-order chi connectivity index (χ0) is 12.1. The molecule has 1 aromatic rings. The van der Waals surface area contributed by atoms with Crippen molar-refractivity contribution in [3.8, 4) is 0 Å². The molecule has 0 radical (unpaired) electrons. The highest BCUT2D eigenvalue weighted by atomic mass is 16.1. The number of carbonyl (C=O) groups excluding carboxylic acids is 1. The van der Waals surface area contributed by atoms with Crippen LogP contribution in [0.5, 0.6) is 0 Å². The predicted octanol–water partition coefficient (Wildman–Crippen LogP) is 2.33. The molecule has 17 heavy (non-hydrogen) atoms. The minimum Gasteiger partial charge on any atom is -0.325 e. The molecule has 92 valence electrons. The number of aryl methyl sites for hydroxylation is 1. The van der Waals surface area contributed by atoms with Crippen LogP contribution < -0.4 is 10.6 Å². The van der Waals surface area contributed by atoms with E-state index in [0.717, 1.165) is 18.5 Å². The van der Waals surface area contributed by atoms with Gasteiger partial charge in [0.25, 0.3) is 0 Å². The van der Waals surface area contributed by atoms with Crippen molar-refractivity contribution in [3.63, 3.8) is 0 Å². The molecule has 1 aliphatic carbocycles. The zero-order valence-corrected chi connectivity index (χ0v) is 10.3. The molecule has 1 fully saturated rings. The number of benzene rings is 1. The molecule has 0 aliphatic heterocycles. The van der Waals surface area contributed by atoms with Gasteiger partial charge in [0.15, 0.2) is 0 Å². The van der Waals surface area contributed by atoms with Gasteiger partial charge in [-0.25, -0.2) is 0 Å². The van der Waals surface area contributed by atoms with Crippen LogP contribution in [-0.2, 0) is 11.2 Å². The van der Waals surface area contributed by atoms with E-state index in [1.54, 1.807) is 0 Å². The molecule has 1 aromatic carbocycles. The lowest BCUT2D eigenvalue weighted by molar-refractivity contribution is -0.115. The minimum absolute atomic E-state index is 0.0418. The number of hydrogen-bond donors (Lipinski definition) is 2. The fourth-order valence-corrected chi connectivity index (χ4v) is 1.77. The topological polar surface area (TPSA) is 41.1 Å². The molecule has 0 atom stereocenters. The Labute approximate surface area is 103 Å². The summed E-state index contributed by atoms with van der Waals surface area (Å²) in [5, 5.41) is 6.09. The fraction of sp³-hybridized carbons (Fsp3) is 0.500. The first-order chi connectivity index (χ1) is 8.28. The van der Waals surface area contributed by atoms with E-state index in [-0.39, 0.29) is 5.91 Å². The highest BCUT2D eigenvalue weighted by molar-refractivity contribution is 5.92. The summed E-state index contributed by atoms with van der Waals surface area (Å²) in [4.78, 5) is 11.6. The van der Waals surface area contributed by atoms with Crippen LogP contribution >= 0.6 is 0 Å². The molecule has 0 bridgehead atoms. The molecular weight excluding hydrogens is 212 g/mol. The zero-order valence-electron chi connectivity index (χ0n) is 10.3. The number of carbonyl (C=O) groups is 1. The quantitative estimate of drug-likeness (QED) is 0.790.